The SMILES string of the molecule is C=CCOc1ccc(C[NH+](C)CC(=O)N[C@H]2CCCc3ccccc32)cc1. The molecule has 1 aliphatic rings. The minimum absolute atomic E-state index is 0.111. The lowest BCUT2D eigenvalue weighted by Crippen LogP contribution is -3.08. The van der Waals surface area contributed by atoms with E-state index in [0.717, 1.165) is 36.5 Å². The highest BCUT2D eigenvalue weighted by Gasteiger charge is 2.22. The number of ether oxygens (including phenoxy) is 1. The van der Waals surface area contributed by atoms with Crippen LogP contribution in [0.4, 0.5) is 0 Å². The second-order valence-electron chi connectivity index (χ2n) is 7.27. The molecule has 0 heterocycles. The largest absolute Gasteiger partial charge is 0.490 e. The van der Waals surface area contributed by atoms with E-state index in [0.29, 0.717) is 13.2 Å². The zero-order valence-corrected chi connectivity index (χ0v) is 16.0. The number of nitrogens with one attached hydrogen (secondary N) is 2. The van der Waals surface area contributed by atoms with Crippen molar-refractivity contribution in [2.75, 3.05) is 20.2 Å². The minimum atomic E-state index is 0.111. The summed E-state index contributed by atoms with van der Waals surface area (Å²) in [6.45, 7) is 5.42. The fourth-order valence-electron chi connectivity index (χ4n) is 3.69. The number of aryl methyl sites for hydroxylation is 1. The number of quaternary nitrogens is 1. The van der Waals surface area contributed by atoms with Crippen LogP contribution in [0.1, 0.15) is 35.6 Å². The van der Waals surface area contributed by atoms with Gasteiger partial charge in [-0.2, -0.15) is 0 Å². The number of benzene rings is 2. The van der Waals surface area contributed by atoms with Crippen molar-refractivity contribution in [3.63, 3.8) is 0 Å². The Labute approximate surface area is 161 Å². The van der Waals surface area contributed by atoms with Crippen molar-refractivity contribution in [2.45, 2.75) is 31.8 Å². The predicted molar refractivity (Wildman–Crippen MR) is 108 cm³/mol. The molecular formula is C23H29N2O2+. The summed E-state index contributed by atoms with van der Waals surface area (Å²) < 4.78 is 5.50. The predicted octanol–water partition coefficient (Wildman–Crippen LogP) is 2.46. The number of amides is 1. The molecule has 142 valence electrons. The maximum Gasteiger partial charge on any atom is 0.275 e. The summed E-state index contributed by atoms with van der Waals surface area (Å²) in [4.78, 5) is 13.7. The molecule has 1 amide bonds. The van der Waals surface area contributed by atoms with E-state index in [4.69, 9.17) is 4.74 Å². The van der Waals surface area contributed by atoms with Crippen molar-refractivity contribution in [1.82, 2.24) is 5.32 Å². The Morgan fingerprint density at radius 3 is 2.81 bits per heavy atom. The van der Waals surface area contributed by atoms with Crippen molar-refractivity contribution in [3.8, 4) is 5.75 Å². The second-order valence-corrected chi connectivity index (χ2v) is 7.27. The Hall–Kier alpha value is -2.59. The van der Waals surface area contributed by atoms with Gasteiger partial charge in [-0.1, -0.05) is 36.9 Å². The first-order valence-electron chi connectivity index (χ1n) is 9.67. The van der Waals surface area contributed by atoms with Gasteiger partial charge in [-0.3, -0.25) is 4.79 Å². The number of hydrogen-bond acceptors (Lipinski definition) is 2. The van der Waals surface area contributed by atoms with Gasteiger partial charge in [0.05, 0.1) is 13.1 Å². The topological polar surface area (TPSA) is 42.8 Å². The normalized spacial score (nSPS) is 16.9. The van der Waals surface area contributed by atoms with Gasteiger partial charge in [-0.15, -0.1) is 0 Å². The van der Waals surface area contributed by atoms with Crippen molar-refractivity contribution < 1.29 is 14.4 Å². The maximum absolute atomic E-state index is 12.5. The maximum atomic E-state index is 12.5. The first kappa shape index (κ1) is 19.2. The number of rotatable bonds is 8. The lowest BCUT2D eigenvalue weighted by Gasteiger charge is -2.26. The van der Waals surface area contributed by atoms with Crippen LogP contribution in [0.5, 0.6) is 5.75 Å². The molecule has 1 unspecified atom stereocenters. The van der Waals surface area contributed by atoms with Gasteiger partial charge in [0.2, 0.25) is 0 Å². The molecule has 27 heavy (non-hydrogen) atoms. The van der Waals surface area contributed by atoms with Crippen molar-refractivity contribution in [3.05, 3.63) is 77.9 Å². The number of carbonyl (C=O) groups is 1. The molecule has 0 bridgehead atoms. The number of carbonyl (C=O) groups excluding carboxylic acids is 1. The van der Waals surface area contributed by atoms with E-state index < -0.39 is 0 Å². The van der Waals surface area contributed by atoms with E-state index in [1.165, 1.54) is 16.7 Å². The Morgan fingerprint density at radius 1 is 1.26 bits per heavy atom. The first-order valence-corrected chi connectivity index (χ1v) is 9.67. The molecule has 0 spiro atoms. The monoisotopic (exact) mass is 365 g/mol. The quantitative estimate of drug-likeness (QED) is 0.706. The van der Waals surface area contributed by atoms with Crippen molar-refractivity contribution >= 4 is 5.91 Å². The Kier molecular flexibility index (Phi) is 6.66. The molecule has 1 aliphatic carbocycles. The Morgan fingerprint density at radius 2 is 2.04 bits per heavy atom. The molecule has 2 atom stereocenters. The summed E-state index contributed by atoms with van der Waals surface area (Å²) in [5, 5.41) is 3.23. The summed E-state index contributed by atoms with van der Waals surface area (Å²) in [5.74, 6) is 0.949. The average molecular weight is 365 g/mol. The first-order chi connectivity index (χ1) is 13.2. The molecule has 2 aromatic carbocycles. The molecule has 0 radical (unpaired) electrons. The van der Waals surface area contributed by atoms with E-state index in [1.54, 1.807) is 6.08 Å². The Bertz CT molecular complexity index is 770. The van der Waals surface area contributed by atoms with Crippen molar-refractivity contribution in [2.24, 2.45) is 0 Å². The van der Waals surface area contributed by atoms with Crippen molar-refractivity contribution in [1.29, 1.82) is 0 Å². The van der Waals surface area contributed by atoms with Gasteiger partial charge >= 0.3 is 0 Å². The van der Waals surface area contributed by atoms with Crippen LogP contribution in [0, 0.1) is 0 Å². The third-order valence-corrected chi connectivity index (χ3v) is 4.96. The van der Waals surface area contributed by atoms with Crippen LogP contribution >= 0.6 is 0 Å². The van der Waals surface area contributed by atoms with Gasteiger partial charge in [-0.05, 0) is 54.7 Å². The van der Waals surface area contributed by atoms with Crippen LogP contribution in [0.2, 0.25) is 0 Å². The minimum Gasteiger partial charge on any atom is -0.490 e. The molecular weight excluding hydrogens is 336 g/mol. The van der Waals surface area contributed by atoms with Crippen LogP contribution < -0.4 is 15.0 Å². The third kappa shape index (κ3) is 5.44. The Balaban J connectivity index is 1.50. The fraction of sp³-hybridized carbons (Fsp3) is 0.348. The summed E-state index contributed by atoms with van der Waals surface area (Å²) in [6, 6.07) is 16.6. The third-order valence-electron chi connectivity index (χ3n) is 4.96. The van der Waals surface area contributed by atoms with Gasteiger partial charge in [0, 0.05) is 5.56 Å². The van der Waals surface area contributed by atoms with Gasteiger partial charge in [0.25, 0.3) is 5.91 Å². The summed E-state index contributed by atoms with van der Waals surface area (Å²) in [6.07, 6.45) is 4.99. The summed E-state index contributed by atoms with van der Waals surface area (Å²) >= 11 is 0. The van der Waals surface area contributed by atoms with Crippen LogP contribution in [-0.4, -0.2) is 26.1 Å². The van der Waals surface area contributed by atoms with E-state index >= 15 is 0 Å². The van der Waals surface area contributed by atoms with Gasteiger partial charge in [0.15, 0.2) is 6.54 Å². The molecule has 2 N–H and O–H groups in total. The van der Waals surface area contributed by atoms with Gasteiger partial charge in [-0.25, -0.2) is 0 Å². The lowest BCUT2D eigenvalue weighted by atomic mass is 9.88. The van der Waals surface area contributed by atoms with E-state index in [-0.39, 0.29) is 11.9 Å². The molecule has 0 aromatic heterocycles. The number of likely N-dealkylation sites (N-methyl/N-ethyl adjacent to an activating group) is 1. The average Bonchev–Trinajstić information content (AvgIpc) is 2.67. The summed E-state index contributed by atoms with van der Waals surface area (Å²) in [5.41, 5.74) is 3.84. The summed E-state index contributed by atoms with van der Waals surface area (Å²) in [7, 11) is 2.05. The molecule has 0 saturated carbocycles. The molecule has 2 aromatic rings. The number of hydrogen-bond donors (Lipinski definition) is 2. The molecule has 0 fully saturated rings. The highest BCUT2D eigenvalue weighted by atomic mass is 16.5. The number of fused-ring (bicyclic) bond motifs is 1. The highest BCUT2D eigenvalue weighted by molar-refractivity contribution is 5.77. The second kappa shape index (κ2) is 9.38. The van der Waals surface area contributed by atoms with Crippen LogP contribution in [0.15, 0.2) is 61.2 Å². The van der Waals surface area contributed by atoms with Gasteiger partial charge in [0.1, 0.15) is 18.9 Å². The zero-order chi connectivity index (χ0) is 19.1. The lowest BCUT2D eigenvalue weighted by molar-refractivity contribution is -0.885. The van der Waals surface area contributed by atoms with Gasteiger partial charge < -0.3 is 15.0 Å². The van der Waals surface area contributed by atoms with E-state index in [9.17, 15) is 4.79 Å². The van der Waals surface area contributed by atoms with E-state index in [1.807, 2.05) is 12.1 Å². The highest BCUT2D eigenvalue weighted by Crippen LogP contribution is 2.29. The zero-order valence-electron chi connectivity index (χ0n) is 16.0. The van der Waals surface area contributed by atoms with E-state index in [2.05, 4.69) is 55.3 Å². The smallest absolute Gasteiger partial charge is 0.275 e. The van der Waals surface area contributed by atoms with Crippen LogP contribution in [0.3, 0.4) is 0 Å². The fourth-order valence-corrected chi connectivity index (χ4v) is 3.69. The molecule has 3 rings (SSSR count). The molecule has 4 nitrogen and oxygen atoms in total. The molecule has 0 aliphatic heterocycles. The van der Waals surface area contributed by atoms with Crippen LogP contribution in [-0.2, 0) is 17.8 Å². The van der Waals surface area contributed by atoms with Crippen LogP contribution in [0.25, 0.3) is 0 Å². The molecule has 4 heteroatoms. The molecule has 0 saturated heterocycles. The standard InChI is InChI=1S/C23H28N2O2/c1-3-15-27-20-13-11-18(12-14-20)16-25(2)17-23(26)24-22-10-6-8-19-7-4-5-9-21(19)22/h3-5,7,9,11-14,22H,1,6,8,10,15-17H2,2H3,(H,24,26)/p+1/t22-/m0/s1.